The number of likely N-dealkylation sites (tertiary alicyclic amines) is 1. The molecule has 2 aromatic heterocycles. The number of amides is 1. The summed E-state index contributed by atoms with van der Waals surface area (Å²) in [6.07, 6.45) is 4.58. The predicted molar refractivity (Wildman–Crippen MR) is 117 cm³/mol. The van der Waals surface area contributed by atoms with Gasteiger partial charge in [0.2, 0.25) is 15.9 Å². The minimum Gasteiger partial charge on any atom is -0.334 e. The molecule has 0 aliphatic carbocycles. The van der Waals surface area contributed by atoms with Gasteiger partial charge < -0.3 is 4.90 Å². The lowest BCUT2D eigenvalue weighted by atomic mass is 9.92. The minimum absolute atomic E-state index is 0.0893. The molecule has 2 aliphatic heterocycles. The summed E-state index contributed by atoms with van der Waals surface area (Å²) in [5.41, 5.74) is 2.01. The Kier molecular flexibility index (Phi) is 6.20. The zero-order chi connectivity index (χ0) is 22.2. The van der Waals surface area contributed by atoms with E-state index in [9.17, 15) is 18.0 Å². The summed E-state index contributed by atoms with van der Waals surface area (Å²) in [7, 11) is -3.21. The lowest BCUT2D eigenvalue weighted by Crippen LogP contribution is -2.47. The molecule has 10 heteroatoms. The maximum absolute atomic E-state index is 13.4. The van der Waals surface area contributed by atoms with Gasteiger partial charge in [-0.1, -0.05) is 6.92 Å². The molecule has 4 heterocycles. The number of carbonyl (C=O) groups excluding carboxylic acids is 1. The molecule has 0 unspecified atom stereocenters. The number of nitrogens with one attached hydrogen (secondary N) is 1. The first-order valence-electron chi connectivity index (χ1n) is 11.2. The molecule has 2 aromatic rings. The lowest BCUT2D eigenvalue weighted by molar-refractivity contribution is -0.140. The third kappa shape index (κ3) is 4.27. The van der Waals surface area contributed by atoms with Gasteiger partial charge in [-0.05, 0) is 45.4 Å². The van der Waals surface area contributed by atoms with Crippen LogP contribution in [0, 0.1) is 5.92 Å². The minimum atomic E-state index is -3.21. The van der Waals surface area contributed by atoms with Gasteiger partial charge in [0.1, 0.15) is 0 Å². The number of piperidine rings is 2. The van der Waals surface area contributed by atoms with Crippen LogP contribution < -0.4 is 5.56 Å². The maximum atomic E-state index is 13.4. The quantitative estimate of drug-likeness (QED) is 0.748. The van der Waals surface area contributed by atoms with Crippen molar-refractivity contribution in [2.45, 2.75) is 58.4 Å². The predicted octanol–water partition coefficient (Wildman–Crippen LogP) is 1.70. The van der Waals surface area contributed by atoms with Gasteiger partial charge in [-0.25, -0.2) is 22.2 Å². The SMILES string of the molecule is CCc1cc(=O)n2[nH]c([C@@H]3CCCCN3C(=O)C3CCN(S(=O)(=O)CC)CC3)cc2n1. The summed E-state index contributed by atoms with van der Waals surface area (Å²) in [4.78, 5) is 32.3. The van der Waals surface area contributed by atoms with Crippen LogP contribution in [0.1, 0.15) is 63.4 Å². The molecule has 0 saturated carbocycles. The van der Waals surface area contributed by atoms with E-state index in [0.717, 1.165) is 30.7 Å². The molecule has 0 spiro atoms. The number of aryl methyl sites for hydroxylation is 1. The largest absolute Gasteiger partial charge is 0.334 e. The summed E-state index contributed by atoms with van der Waals surface area (Å²) >= 11 is 0. The first-order chi connectivity index (χ1) is 14.8. The van der Waals surface area contributed by atoms with E-state index in [0.29, 0.717) is 44.5 Å². The summed E-state index contributed by atoms with van der Waals surface area (Å²) in [5, 5.41) is 3.17. The van der Waals surface area contributed by atoms with Crippen molar-refractivity contribution in [3.8, 4) is 0 Å². The van der Waals surface area contributed by atoms with E-state index in [1.807, 2.05) is 17.9 Å². The fourth-order valence-electron chi connectivity index (χ4n) is 4.73. The Bertz CT molecular complexity index is 1110. The fraction of sp³-hybridized carbons (Fsp3) is 0.667. The average Bonchev–Trinajstić information content (AvgIpc) is 3.23. The lowest BCUT2D eigenvalue weighted by Gasteiger charge is -2.39. The molecule has 2 aliphatic rings. The van der Waals surface area contributed by atoms with E-state index >= 15 is 0 Å². The Morgan fingerprint density at radius 1 is 1.13 bits per heavy atom. The number of rotatable bonds is 5. The summed E-state index contributed by atoms with van der Waals surface area (Å²) in [6.45, 7) is 5.08. The molecule has 31 heavy (non-hydrogen) atoms. The second-order valence-corrected chi connectivity index (χ2v) is 10.7. The van der Waals surface area contributed by atoms with Crippen LogP contribution in [0.15, 0.2) is 16.9 Å². The van der Waals surface area contributed by atoms with Crippen molar-refractivity contribution in [1.29, 1.82) is 0 Å². The average molecular weight is 450 g/mol. The number of aromatic amines is 1. The van der Waals surface area contributed by atoms with Crippen LogP contribution in [0.25, 0.3) is 5.65 Å². The maximum Gasteiger partial charge on any atom is 0.272 e. The Hall–Kier alpha value is -2.20. The molecule has 0 radical (unpaired) electrons. The number of hydrogen-bond acceptors (Lipinski definition) is 5. The topological polar surface area (TPSA) is 108 Å². The second-order valence-electron chi connectivity index (χ2n) is 8.46. The third-order valence-corrected chi connectivity index (χ3v) is 8.47. The van der Waals surface area contributed by atoms with Crippen molar-refractivity contribution in [3.63, 3.8) is 0 Å². The molecule has 0 aromatic carbocycles. The standard InChI is InChI=1S/C21H31N5O4S/c1-3-16-13-20(27)26-19(22-16)14-17(23-26)18-7-5-6-10-25(18)21(28)15-8-11-24(12-9-15)31(29,30)4-2/h13-15,18,23H,3-12H2,1-2H3/t18-/m0/s1. The number of hydrogen-bond donors (Lipinski definition) is 1. The molecule has 1 amide bonds. The van der Waals surface area contributed by atoms with Gasteiger partial charge in [0, 0.05) is 43.4 Å². The van der Waals surface area contributed by atoms with Gasteiger partial charge in [-0.2, -0.15) is 0 Å². The Morgan fingerprint density at radius 3 is 2.55 bits per heavy atom. The van der Waals surface area contributed by atoms with E-state index in [1.54, 1.807) is 6.92 Å². The van der Waals surface area contributed by atoms with Gasteiger partial charge in [0.05, 0.1) is 17.5 Å². The monoisotopic (exact) mass is 449 g/mol. The zero-order valence-corrected chi connectivity index (χ0v) is 19.0. The van der Waals surface area contributed by atoms with Crippen LogP contribution in [0.4, 0.5) is 0 Å². The van der Waals surface area contributed by atoms with Gasteiger partial charge >= 0.3 is 0 Å². The first kappa shape index (κ1) is 22.0. The number of fused-ring (bicyclic) bond motifs is 1. The van der Waals surface area contributed by atoms with Crippen LogP contribution in [0.5, 0.6) is 0 Å². The Labute approximate surface area is 182 Å². The molecule has 2 fully saturated rings. The van der Waals surface area contributed by atoms with E-state index in [-0.39, 0.29) is 29.2 Å². The van der Waals surface area contributed by atoms with Crippen LogP contribution in [-0.4, -0.2) is 63.5 Å². The Morgan fingerprint density at radius 2 is 1.87 bits per heavy atom. The number of carbonyl (C=O) groups is 1. The van der Waals surface area contributed by atoms with E-state index in [2.05, 4.69) is 10.1 Å². The number of H-pyrrole nitrogens is 1. The van der Waals surface area contributed by atoms with Crippen LogP contribution in [-0.2, 0) is 21.2 Å². The van der Waals surface area contributed by atoms with Crippen LogP contribution >= 0.6 is 0 Å². The van der Waals surface area contributed by atoms with Crippen molar-refractivity contribution in [3.05, 3.63) is 33.9 Å². The van der Waals surface area contributed by atoms with Crippen molar-refractivity contribution in [1.82, 2.24) is 23.8 Å². The van der Waals surface area contributed by atoms with Crippen LogP contribution in [0.3, 0.4) is 0 Å². The number of aromatic nitrogens is 3. The number of sulfonamides is 1. The van der Waals surface area contributed by atoms with E-state index in [4.69, 9.17) is 0 Å². The molecule has 1 N–H and O–H groups in total. The van der Waals surface area contributed by atoms with Gasteiger partial charge in [-0.15, -0.1) is 0 Å². The normalized spacial score (nSPS) is 21.6. The molecule has 2 saturated heterocycles. The highest BCUT2D eigenvalue weighted by molar-refractivity contribution is 7.89. The smallest absolute Gasteiger partial charge is 0.272 e. The second kappa shape index (κ2) is 8.74. The van der Waals surface area contributed by atoms with Crippen molar-refractivity contribution >= 4 is 21.6 Å². The van der Waals surface area contributed by atoms with E-state index < -0.39 is 10.0 Å². The molecule has 4 rings (SSSR count). The van der Waals surface area contributed by atoms with Crippen molar-refractivity contribution in [2.75, 3.05) is 25.4 Å². The van der Waals surface area contributed by atoms with Crippen molar-refractivity contribution < 1.29 is 13.2 Å². The fourth-order valence-corrected chi connectivity index (χ4v) is 5.86. The highest BCUT2D eigenvalue weighted by Gasteiger charge is 2.36. The van der Waals surface area contributed by atoms with Crippen LogP contribution in [0.2, 0.25) is 0 Å². The van der Waals surface area contributed by atoms with Gasteiger partial charge in [0.25, 0.3) is 5.56 Å². The first-order valence-corrected chi connectivity index (χ1v) is 12.8. The zero-order valence-electron chi connectivity index (χ0n) is 18.2. The Balaban J connectivity index is 1.54. The molecule has 9 nitrogen and oxygen atoms in total. The molecular formula is C21H31N5O4S. The van der Waals surface area contributed by atoms with E-state index in [1.165, 1.54) is 14.9 Å². The third-order valence-electron chi connectivity index (χ3n) is 6.59. The van der Waals surface area contributed by atoms with Gasteiger partial charge in [-0.3, -0.25) is 14.7 Å². The highest BCUT2D eigenvalue weighted by Crippen LogP contribution is 2.33. The highest BCUT2D eigenvalue weighted by atomic mass is 32.2. The molecule has 170 valence electrons. The number of nitrogens with zero attached hydrogens (tertiary/aromatic N) is 4. The molecule has 1 atom stereocenters. The summed E-state index contributed by atoms with van der Waals surface area (Å²) < 4.78 is 27.2. The molecule has 0 bridgehead atoms. The molecular weight excluding hydrogens is 418 g/mol. The van der Waals surface area contributed by atoms with Gasteiger partial charge in [0.15, 0.2) is 5.65 Å². The summed E-state index contributed by atoms with van der Waals surface area (Å²) in [6, 6.07) is 3.30. The van der Waals surface area contributed by atoms with Crippen molar-refractivity contribution in [2.24, 2.45) is 5.92 Å². The summed E-state index contributed by atoms with van der Waals surface area (Å²) in [5.74, 6) is 0.0140.